The van der Waals surface area contributed by atoms with E-state index in [4.69, 9.17) is 0 Å². The van der Waals surface area contributed by atoms with E-state index in [0.717, 1.165) is 23.2 Å². The average molecular weight is 475 g/mol. The fraction of sp³-hybridized carbons (Fsp3) is 0.238. The zero-order valence-corrected chi connectivity index (χ0v) is 18.8. The minimum atomic E-state index is -4.02. The van der Waals surface area contributed by atoms with E-state index in [1.165, 1.54) is 36.4 Å². The molecule has 1 aromatic heterocycles. The number of H-pyrrole nitrogens is 1. The van der Waals surface area contributed by atoms with E-state index in [9.17, 15) is 21.6 Å². The Kier molecular flexibility index (Phi) is 5.78. The summed E-state index contributed by atoms with van der Waals surface area (Å²) in [5, 5.41) is 12.8. The third kappa shape index (κ3) is 4.39. The zero-order chi connectivity index (χ0) is 22.9. The predicted molar refractivity (Wildman–Crippen MR) is 118 cm³/mol. The summed E-state index contributed by atoms with van der Waals surface area (Å²) in [5.41, 5.74) is 1.68. The minimum Gasteiger partial charge on any atom is -0.369 e. The molecule has 2 heterocycles. The van der Waals surface area contributed by atoms with Crippen molar-refractivity contribution in [2.24, 2.45) is 5.92 Å². The van der Waals surface area contributed by atoms with Gasteiger partial charge in [0.2, 0.25) is 15.7 Å². The van der Waals surface area contributed by atoms with Crippen LogP contribution in [0.5, 0.6) is 0 Å². The van der Waals surface area contributed by atoms with Crippen molar-refractivity contribution in [3.8, 4) is 0 Å². The van der Waals surface area contributed by atoms with E-state index in [1.807, 2.05) is 0 Å². The highest BCUT2D eigenvalue weighted by atomic mass is 32.2. The maximum atomic E-state index is 13.0. The molecule has 0 bridgehead atoms. The molecular formula is C21H22N4O5S2. The number of sulfone groups is 2. The quantitative estimate of drug-likeness (QED) is 0.493. The lowest BCUT2D eigenvalue weighted by Gasteiger charge is -2.22. The number of rotatable bonds is 6. The van der Waals surface area contributed by atoms with Gasteiger partial charge in [0.1, 0.15) is 5.82 Å². The fourth-order valence-corrected chi connectivity index (χ4v) is 6.47. The molecule has 4 rings (SSSR count). The number of hydrogen-bond donors (Lipinski definition) is 3. The third-order valence-electron chi connectivity index (χ3n) is 5.32. The molecule has 3 N–H and O–H groups in total. The van der Waals surface area contributed by atoms with Crippen LogP contribution >= 0.6 is 0 Å². The van der Waals surface area contributed by atoms with Gasteiger partial charge in [-0.1, -0.05) is 24.3 Å². The number of hydrogen-bond acceptors (Lipinski definition) is 7. The van der Waals surface area contributed by atoms with Crippen molar-refractivity contribution < 1.29 is 21.6 Å². The van der Waals surface area contributed by atoms with E-state index in [0.29, 0.717) is 13.0 Å². The maximum Gasteiger partial charge on any atom is 0.225 e. The highest BCUT2D eigenvalue weighted by Gasteiger charge is 2.26. The second kappa shape index (κ2) is 8.40. The molecule has 32 heavy (non-hydrogen) atoms. The van der Waals surface area contributed by atoms with Crippen molar-refractivity contribution in [2.45, 2.75) is 27.7 Å². The zero-order valence-electron chi connectivity index (χ0n) is 17.2. The number of benzene rings is 2. The molecule has 168 valence electrons. The number of aromatic amines is 1. The van der Waals surface area contributed by atoms with Gasteiger partial charge in [-0.15, -0.1) is 0 Å². The molecule has 11 heteroatoms. The maximum absolute atomic E-state index is 13.0. The molecule has 0 radical (unpaired) electrons. The average Bonchev–Trinajstić information content (AvgIpc) is 3.25. The van der Waals surface area contributed by atoms with Crippen molar-refractivity contribution in [2.75, 3.05) is 18.1 Å². The molecule has 1 amide bonds. The van der Waals surface area contributed by atoms with Gasteiger partial charge in [0.05, 0.1) is 26.8 Å². The first kappa shape index (κ1) is 22.0. The Morgan fingerprint density at radius 2 is 1.75 bits per heavy atom. The number of fused-ring (bicyclic) bond motifs is 1. The van der Waals surface area contributed by atoms with Crippen LogP contribution in [0.15, 0.2) is 69.4 Å². The van der Waals surface area contributed by atoms with Crippen LogP contribution in [0, 0.1) is 5.92 Å². The highest BCUT2D eigenvalue weighted by molar-refractivity contribution is 7.94. The number of nitrogens with one attached hydrogen (secondary N) is 3. The summed E-state index contributed by atoms with van der Waals surface area (Å²) in [6.45, 7) is 0.742. The van der Waals surface area contributed by atoms with E-state index in [-0.39, 0.29) is 33.1 Å². The van der Waals surface area contributed by atoms with Crippen molar-refractivity contribution in [1.82, 2.24) is 15.5 Å². The van der Waals surface area contributed by atoms with Gasteiger partial charge in [0.25, 0.3) is 0 Å². The van der Waals surface area contributed by atoms with Gasteiger partial charge in [0.15, 0.2) is 9.84 Å². The Morgan fingerprint density at radius 3 is 2.44 bits per heavy atom. The Bertz CT molecular complexity index is 1360. The Labute approximate surface area is 186 Å². The first-order chi connectivity index (χ1) is 15.2. The number of carbonyl (C=O) groups is 1. The van der Waals surface area contributed by atoms with E-state index < -0.39 is 19.7 Å². The Balaban J connectivity index is 1.45. The molecule has 0 aliphatic carbocycles. The van der Waals surface area contributed by atoms with Crippen LogP contribution < -0.4 is 10.6 Å². The largest absolute Gasteiger partial charge is 0.369 e. The van der Waals surface area contributed by atoms with Gasteiger partial charge in [-0.3, -0.25) is 9.89 Å². The normalized spacial score (nSPS) is 16.1. The van der Waals surface area contributed by atoms with Gasteiger partial charge in [-0.05, 0) is 36.2 Å². The summed E-state index contributed by atoms with van der Waals surface area (Å²) in [7, 11) is -7.74. The molecule has 1 atom stereocenters. The molecule has 1 aliphatic heterocycles. The topological polar surface area (TPSA) is 138 Å². The number of nitrogens with zero attached hydrogens (tertiary/aromatic N) is 1. The number of amides is 1. The van der Waals surface area contributed by atoms with Crippen LogP contribution in [-0.2, 0) is 37.4 Å². The van der Waals surface area contributed by atoms with Crippen LogP contribution in [0.25, 0.3) is 0 Å². The minimum absolute atomic E-state index is 0.0207. The van der Waals surface area contributed by atoms with Gasteiger partial charge in [0, 0.05) is 24.9 Å². The first-order valence-electron chi connectivity index (χ1n) is 9.83. The summed E-state index contributed by atoms with van der Waals surface area (Å²) >= 11 is 0. The van der Waals surface area contributed by atoms with Crippen LogP contribution in [-0.4, -0.2) is 45.7 Å². The highest BCUT2D eigenvalue weighted by Crippen LogP contribution is 2.27. The SMILES string of the molecule is CS(=O)(=O)c1ccccc1S(=O)(=O)c1ccc(CNC(=O)C2CNc3[nH]ncc3C2)cc1. The van der Waals surface area contributed by atoms with Gasteiger partial charge in [-0.2, -0.15) is 5.10 Å². The first-order valence-corrected chi connectivity index (χ1v) is 13.2. The standard InChI is InChI=1S/C21H22N4O5S2/c1-31(27,28)18-4-2-3-5-19(18)32(29,30)17-8-6-14(7-9-17)11-23-21(26)16-10-15-13-24-25-20(15)22-12-16/h2-9,13,16H,10-12H2,1H3,(H,23,26)(H2,22,24,25). The van der Waals surface area contributed by atoms with Crippen LogP contribution in [0.1, 0.15) is 11.1 Å². The fourth-order valence-electron chi connectivity index (χ4n) is 3.59. The summed E-state index contributed by atoms with van der Waals surface area (Å²) in [5.74, 6) is 0.499. The molecule has 0 fully saturated rings. The van der Waals surface area contributed by atoms with E-state index >= 15 is 0 Å². The predicted octanol–water partition coefficient (Wildman–Crippen LogP) is 1.55. The Morgan fingerprint density at radius 1 is 1.06 bits per heavy atom. The summed E-state index contributed by atoms with van der Waals surface area (Å²) in [6, 6.07) is 11.6. The molecule has 0 saturated heterocycles. The number of carbonyl (C=O) groups excluding carboxylic acids is 1. The van der Waals surface area contributed by atoms with Crippen molar-refractivity contribution in [1.29, 1.82) is 0 Å². The van der Waals surface area contributed by atoms with Crippen LogP contribution in [0.3, 0.4) is 0 Å². The monoisotopic (exact) mass is 474 g/mol. The summed E-state index contributed by atoms with van der Waals surface area (Å²) in [4.78, 5) is 12.0. The smallest absolute Gasteiger partial charge is 0.225 e. The van der Waals surface area contributed by atoms with Crippen molar-refractivity contribution >= 4 is 31.4 Å². The molecule has 0 spiro atoms. The molecule has 0 saturated carbocycles. The van der Waals surface area contributed by atoms with E-state index in [2.05, 4.69) is 20.8 Å². The van der Waals surface area contributed by atoms with Gasteiger partial charge in [-0.25, -0.2) is 16.8 Å². The summed E-state index contributed by atoms with van der Waals surface area (Å²) in [6.07, 6.45) is 3.26. The lowest BCUT2D eigenvalue weighted by atomic mass is 9.96. The number of aromatic nitrogens is 2. The van der Waals surface area contributed by atoms with Crippen LogP contribution in [0.2, 0.25) is 0 Å². The molecule has 3 aromatic rings. The third-order valence-corrected chi connectivity index (χ3v) is 8.43. The second-order valence-electron chi connectivity index (χ2n) is 7.64. The molecule has 2 aromatic carbocycles. The molecule has 9 nitrogen and oxygen atoms in total. The summed E-state index contributed by atoms with van der Waals surface area (Å²) < 4.78 is 50.0. The lowest BCUT2D eigenvalue weighted by molar-refractivity contribution is -0.124. The lowest BCUT2D eigenvalue weighted by Crippen LogP contribution is -2.37. The van der Waals surface area contributed by atoms with E-state index in [1.54, 1.807) is 18.3 Å². The second-order valence-corrected chi connectivity index (χ2v) is 11.5. The molecule has 1 aliphatic rings. The Hall–Kier alpha value is -3.18. The van der Waals surface area contributed by atoms with Gasteiger partial charge < -0.3 is 10.6 Å². The van der Waals surface area contributed by atoms with Crippen molar-refractivity contribution in [3.63, 3.8) is 0 Å². The van der Waals surface area contributed by atoms with Crippen molar-refractivity contribution in [3.05, 3.63) is 65.9 Å². The van der Waals surface area contributed by atoms with Gasteiger partial charge >= 0.3 is 0 Å². The molecule has 1 unspecified atom stereocenters. The number of anilines is 1. The van der Waals surface area contributed by atoms with Crippen LogP contribution in [0.4, 0.5) is 5.82 Å². The molecular weight excluding hydrogens is 452 g/mol.